The molecule has 0 radical (unpaired) electrons. The summed E-state index contributed by atoms with van der Waals surface area (Å²) in [6.45, 7) is 0. The van der Waals surface area contributed by atoms with Gasteiger partial charge in [0, 0.05) is 11.5 Å². The van der Waals surface area contributed by atoms with Gasteiger partial charge in [0.1, 0.15) is 6.10 Å². The third kappa shape index (κ3) is 2.53. The van der Waals surface area contributed by atoms with Crippen LogP contribution in [-0.2, 0) is 4.84 Å². The Bertz CT molecular complexity index is 954. The molecule has 124 valence electrons. The molecule has 3 aromatic carbocycles. The lowest BCUT2D eigenvalue weighted by Crippen LogP contribution is -2.27. The Hall–Kier alpha value is -2.61. The molecule has 0 unspecified atom stereocenters. The van der Waals surface area contributed by atoms with Gasteiger partial charge in [-0.3, -0.25) is 0 Å². The highest BCUT2D eigenvalue weighted by molar-refractivity contribution is 6.05. The number of hydrogen-bond acceptors (Lipinski definition) is 2. The van der Waals surface area contributed by atoms with Gasteiger partial charge >= 0.3 is 0 Å². The number of hydrogen-bond donors (Lipinski definition) is 0. The molecule has 0 saturated heterocycles. The molecule has 0 amide bonds. The van der Waals surface area contributed by atoms with Crippen LogP contribution < -0.4 is 0 Å². The molecule has 1 fully saturated rings. The molecule has 2 aliphatic rings. The molecular weight excluding hydrogens is 306 g/mol. The van der Waals surface area contributed by atoms with Crippen LogP contribution in [0.2, 0.25) is 0 Å². The summed E-state index contributed by atoms with van der Waals surface area (Å²) in [5.41, 5.74) is 4.88. The Morgan fingerprint density at radius 2 is 1.60 bits per heavy atom. The van der Waals surface area contributed by atoms with Crippen molar-refractivity contribution in [1.29, 1.82) is 0 Å². The highest BCUT2D eigenvalue weighted by Gasteiger charge is 2.36. The zero-order valence-electron chi connectivity index (χ0n) is 14.2. The van der Waals surface area contributed by atoms with Crippen molar-refractivity contribution in [3.63, 3.8) is 0 Å². The highest BCUT2D eigenvalue weighted by Crippen LogP contribution is 2.36. The van der Waals surface area contributed by atoms with E-state index in [1.54, 1.807) is 0 Å². The van der Waals surface area contributed by atoms with Gasteiger partial charge in [-0.25, -0.2) is 0 Å². The molecule has 2 nitrogen and oxygen atoms in total. The fraction of sp³-hybridized carbons (Fsp3) is 0.261. The van der Waals surface area contributed by atoms with Crippen molar-refractivity contribution < 1.29 is 4.84 Å². The van der Waals surface area contributed by atoms with Crippen LogP contribution in [0, 0.1) is 5.92 Å². The molecule has 5 rings (SSSR count). The highest BCUT2D eigenvalue weighted by atomic mass is 16.6. The minimum atomic E-state index is 0.296. The van der Waals surface area contributed by atoms with Gasteiger partial charge in [0.05, 0.1) is 5.71 Å². The van der Waals surface area contributed by atoms with Crippen molar-refractivity contribution in [3.8, 4) is 11.1 Å². The first kappa shape index (κ1) is 14.7. The smallest absolute Gasteiger partial charge is 0.136 e. The van der Waals surface area contributed by atoms with Crippen molar-refractivity contribution in [2.24, 2.45) is 11.1 Å². The summed E-state index contributed by atoms with van der Waals surface area (Å²) in [6, 6.07) is 23.9. The van der Waals surface area contributed by atoms with Crippen molar-refractivity contribution in [3.05, 3.63) is 72.3 Å². The quantitative estimate of drug-likeness (QED) is 0.583. The number of nitrogens with zero attached hydrogens (tertiary/aromatic N) is 1. The Kier molecular flexibility index (Phi) is 3.55. The number of benzene rings is 3. The maximum atomic E-state index is 5.73. The van der Waals surface area contributed by atoms with Gasteiger partial charge in [-0.1, -0.05) is 72.2 Å². The third-order valence-corrected chi connectivity index (χ3v) is 5.60. The Labute approximate surface area is 148 Å². The average Bonchev–Trinajstić information content (AvgIpc) is 3.12. The maximum absolute atomic E-state index is 5.73. The summed E-state index contributed by atoms with van der Waals surface area (Å²) in [7, 11) is 0. The van der Waals surface area contributed by atoms with Gasteiger partial charge in [0.2, 0.25) is 0 Å². The molecule has 2 heteroatoms. The summed E-state index contributed by atoms with van der Waals surface area (Å²) in [5.74, 6) is 0.469. The van der Waals surface area contributed by atoms with Crippen molar-refractivity contribution in [1.82, 2.24) is 0 Å². The second-order valence-corrected chi connectivity index (χ2v) is 7.12. The van der Waals surface area contributed by atoms with E-state index in [1.165, 1.54) is 46.7 Å². The van der Waals surface area contributed by atoms with E-state index in [-0.39, 0.29) is 0 Å². The van der Waals surface area contributed by atoms with E-state index in [0.717, 1.165) is 12.1 Å². The second-order valence-electron chi connectivity index (χ2n) is 7.12. The first-order valence-corrected chi connectivity index (χ1v) is 9.22. The number of fused-ring (bicyclic) bond motifs is 2. The van der Waals surface area contributed by atoms with E-state index in [2.05, 4.69) is 71.9 Å². The van der Waals surface area contributed by atoms with Gasteiger partial charge < -0.3 is 4.84 Å². The lowest BCUT2D eigenvalue weighted by molar-refractivity contribution is 0.0397. The predicted molar refractivity (Wildman–Crippen MR) is 103 cm³/mol. The third-order valence-electron chi connectivity index (χ3n) is 5.60. The lowest BCUT2D eigenvalue weighted by Gasteiger charge is -2.23. The van der Waals surface area contributed by atoms with Gasteiger partial charge in [-0.05, 0) is 47.2 Å². The predicted octanol–water partition coefficient (Wildman–Crippen LogP) is 5.80. The van der Waals surface area contributed by atoms with E-state index >= 15 is 0 Å². The first-order chi connectivity index (χ1) is 12.4. The number of oxime groups is 1. The molecule has 1 saturated carbocycles. The van der Waals surface area contributed by atoms with Crippen LogP contribution >= 0.6 is 0 Å². The standard InChI is InChI=1S/C23H21NO/c1-2-11-19-16(7-1)8-6-13-20(19)17-9-5-10-18(15-17)23-21-12-3-4-14-22(21)25-24-23/h1-2,5-11,13,15,21-22H,3-4,12,14H2/t21-,22+/m0/s1. The van der Waals surface area contributed by atoms with Gasteiger partial charge in [0.15, 0.2) is 0 Å². The molecule has 3 aromatic rings. The summed E-state index contributed by atoms with van der Waals surface area (Å²) in [5, 5.41) is 7.04. The Morgan fingerprint density at radius 1 is 0.800 bits per heavy atom. The molecule has 0 spiro atoms. The molecule has 0 N–H and O–H groups in total. The molecule has 0 aromatic heterocycles. The molecule has 1 aliphatic heterocycles. The minimum absolute atomic E-state index is 0.296. The Morgan fingerprint density at radius 3 is 2.60 bits per heavy atom. The largest absolute Gasteiger partial charge is 0.392 e. The van der Waals surface area contributed by atoms with Gasteiger partial charge in [-0.2, -0.15) is 0 Å². The van der Waals surface area contributed by atoms with E-state index in [0.29, 0.717) is 12.0 Å². The average molecular weight is 327 g/mol. The van der Waals surface area contributed by atoms with Crippen molar-refractivity contribution in [2.75, 3.05) is 0 Å². The van der Waals surface area contributed by atoms with E-state index in [9.17, 15) is 0 Å². The summed E-state index contributed by atoms with van der Waals surface area (Å²) in [4.78, 5) is 5.73. The normalized spacial score (nSPS) is 22.3. The van der Waals surface area contributed by atoms with Crippen LogP contribution in [0.5, 0.6) is 0 Å². The van der Waals surface area contributed by atoms with Crippen LogP contribution in [0.15, 0.2) is 71.9 Å². The fourth-order valence-electron chi connectivity index (χ4n) is 4.32. The zero-order chi connectivity index (χ0) is 16.6. The molecule has 1 heterocycles. The lowest BCUT2D eigenvalue weighted by atomic mass is 9.81. The SMILES string of the molecule is c1cc(C2=NO[C@@H]3CCCC[C@H]23)cc(-c2cccc3ccccc23)c1. The van der Waals surface area contributed by atoms with E-state index < -0.39 is 0 Å². The van der Waals surface area contributed by atoms with Gasteiger partial charge in [0.25, 0.3) is 0 Å². The Balaban J connectivity index is 1.57. The zero-order valence-corrected chi connectivity index (χ0v) is 14.2. The fourth-order valence-corrected chi connectivity index (χ4v) is 4.32. The molecular formula is C23H21NO. The summed E-state index contributed by atoms with van der Waals surface area (Å²) >= 11 is 0. The second kappa shape index (κ2) is 6.03. The van der Waals surface area contributed by atoms with Crippen molar-refractivity contribution >= 4 is 16.5 Å². The summed E-state index contributed by atoms with van der Waals surface area (Å²) in [6.07, 6.45) is 5.18. The van der Waals surface area contributed by atoms with Gasteiger partial charge in [-0.15, -0.1) is 0 Å². The van der Waals surface area contributed by atoms with Crippen molar-refractivity contribution in [2.45, 2.75) is 31.8 Å². The molecule has 0 bridgehead atoms. The topological polar surface area (TPSA) is 21.6 Å². The minimum Gasteiger partial charge on any atom is -0.392 e. The molecule has 1 aliphatic carbocycles. The van der Waals surface area contributed by atoms with Crippen LogP contribution in [0.1, 0.15) is 31.2 Å². The maximum Gasteiger partial charge on any atom is 0.136 e. The van der Waals surface area contributed by atoms with E-state index in [4.69, 9.17) is 4.84 Å². The number of rotatable bonds is 2. The van der Waals surface area contributed by atoms with Crippen LogP contribution in [0.25, 0.3) is 21.9 Å². The summed E-state index contributed by atoms with van der Waals surface area (Å²) < 4.78 is 0. The van der Waals surface area contributed by atoms with E-state index in [1.807, 2.05) is 0 Å². The molecule has 25 heavy (non-hydrogen) atoms. The first-order valence-electron chi connectivity index (χ1n) is 9.22. The van der Waals surface area contributed by atoms with Crippen LogP contribution in [-0.4, -0.2) is 11.8 Å². The van der Waals surface area contributed by atoms with Crippen LogP contribution in [0.4, 0.5) is 0 Å². The van der Waals surface area contributed by atoms with Crippen LogP contribution in [0.3, 0.4) is 0 Å². The monoisotopic (exact) mass is 327 g/mol. The molecule has 2 atom stereocenters.